The SMILES string of the molecule is CC(C)(OC(=O)CCl)C1C2CC3OC(=O)C1C3C2. The molecule has 1 aliphatic heterocycles. The van der Waals surface area contributed by atoms with Gasteiger partial charge in [-0.3, -0.25) is 9.59 Å². The van der Waals surface area contributed by atoms with Gasteiger partial charge in [0.15, 0.2) is 0 Å². The zero-order valence-corrected chi connectivity index (χ0v) is 11.3. The number of carbonyl (C=O) groups is 2. The van der Waals surface area contributed by atoms with E-state index in [0.717, 1.165) is 12.8 Å². The van der Waals surface area contributed by atoms with Gasteiger partial charge in [-0.1, -0.05) is 0 Å². The van der Waals surface area contributed by atoms with Crippen molar-refractivity contribution in [3.05, 3.63) is 0 Å². The quantitative estimate of drug-likeness (QED) is 0.580. The molecule has 1 saturated heterocycles. The lowest BCUT2D eigenvalue weighted by molar-refractivity contribution is -0.165. The highest BCUT2D eigenvalue weighted by Gasteiger charge is 2.65. The minimum atomic E-state index is -0.648. The fourth-order valence-electron chi connectivity index (χ4n) is 4.37. The van der Waals surface area contributed by atoms with Crippen LogP contribution in [-0.4, -0.2) is 29.5 Å². The van der Waals surface area contributed by atoms with Crippen molar-refractivity contribution in [1.82, 2.24) is 0 Å². The number of halogens is 1. The van der Waals surface area contributed by atoms with E-state index in [-0.39, 0.29) is 29.8 Å². The first-order valence-electron chi connectivity index (χ1n) is 6.42. The van der Waals surface area contributed by atoms with Crippen LogP contribution in [0, 0.1) is 23.7 Å². The molecule has 1 heterocycles. The second-order valence-electron chi connectivity index (χ2n) is 6.13. The molecule has 0 aromatic heterocycles. The predicted octanol–water partition coefficient (Wildman–Crippen LogP) is 1.74. The summed E-state index contributed by atoms with van der Waals surface area (Å²) < 4.78 is 10.8. The fourth-order valence-corrected chi connectivity index (χ4v) is 4.43. The first kappa shape index (κ1) is 12.3. The molecule has 3 rings (SSSR count). The zero-order valence-electron chi connectivity index (χ0n) is 10.5. The van der Waals surface area contributed by atoms with E-state index in [1.165, 1.54) is 0 Å². The Kier molecular flexibility index (Phi) is 2.63. The molecule has 0 aromatic rings. The summed E-state index contributed by atoms with van der Waals surface area (Å²) in [7, 11) is 0. The molecule has 0 N–H and O–H groups in total. The average Bonchev–Trinajstić information content (AvgIpc) is 2.88. The Morgan fingerprint density at radius 1 is 1.50 bits per heavy atom. The standard InChI is InChI=1S/C13H17ClO4/c1-13(2,18-9(15)5-14)11-6-3-7-8(4-6)17-12(16)10(7)11/h6-8,10-11H,3-5H2,1-2H3. The molecule has 100 valence electrons. The lowest BCUT2D eigenvalue weighted by Gasteiger charge is -2.38. The van der Waals surface area contributed by atoms with E-state index in [4.69, 9.17) is 21.1 Å². The van der Waals surface area contributed by atoms with Gasteiger partial charge in [0, 0.05) is 11.8 Å². The number of esters is 2. The van der Waals surface area contributed by atoms with Gasteiger partial charge in [-0.2, -0.15) is 0 Å². The van der Waals surface area contributed by atoms with Crippen molar-refractivity contribution < 1.29 is 19.1 Å². The maximum absolute atomic E-state index is 11.9. The Balaban J connectivity index is 1.84. The average molecular weight is 273 g/mol. The van der Waals surface area contributed by atoms with E-state index < -0.39 is 11.6 Å². The van der Waals surface area contributed by atoms with Gasteiger partial charge in [0.2, 0.25) is 0 Å². The first-order chi connectivity index (χ1) is 8.44. The first-order valence-corrected chi connectivity index (χ1v) is 6.96. The Morgan fingerprint density at radius 3 is 2.89 bits per heavy atom. The highest BCUT2D eigenvalue weighted by atomic mass is 35.5. The number of alkyl halides is 1. The maximum atomic E-state index is 11.9. The smallest absolute Gasteiger partial charge is 0.321 e. The third-order valence-corrected chi connectivity index (χ3v) is 4.99. The zero-order chi connectivity index (χ0) is 13.1. The van der Waals surface area contributed by atoms with E-state index in [1.54, 1.807) is 0 Å². The molecule has 2 aliphatic carbocycles. The van der Waals surface area contributed by atoms with Crippen molar-refractivity contribution in [2.75, 3.05) is 5.88 Å². The summed E-state index contributed by atoms with van der Waals surface area (Å²) in [5.41, 5.74) is -0.648. The molecule has 4 nitrogen and oxygen atoms in total. The predicted molar refractivity (Wildman–Crippen MR) is 64.0 cm³/mol. The van der Waals surface area contributed by atoms with Crippen molar-refractivity contribution in [3.8, 4) is 0 Å². The maximum Gasteiger partial charge on any atom is 0.321 e. The molecule has 18 heavy (non-hydrogen) atoms. The van der Waals surface area contributed by atoms with Crippen molar-refractivity contribution in [3.63, 3.8) is 0 Å². The van der Waals surface area contributed by atoms with Crippen LogP contribution in [-0.2, 0) is 19.1 Å². The lowest BCUT2D eigenvalue weighted by Crippen LogP contribution is -2.45. The summed E-state index contributed by atoms with van der Waals surface area (Å²) in [5.74, 6) is 0.0586. The van der Waals surface area contributed by atoms with Crippen LogP contribution in [0.2, 0.25) is 0 Å². The Bertz CT molecular complexity index is 404. The van der Waals surface area contributed by atoms with E-state index in [2.05, 4.69) is 0 Å². The fraction of sp³-hybridized carbons (Fsp3) is 0.846. The van der Waals surface area contributed by atoms with Gasteiger partial charge >= 0.3 is 11.9 Å². The molecule has 0 spiro atoms. The van der Waals surface area contributed by atoms with Gasteiger partial charge in [-0.25, -0.2) is 0 Å². The van der Waals surface area contributed by atoms with Crippen LogP contribution in [0.1, 0.15) is 26.7 Å². The van der Waals surface area contributed by atoms with Gasteiger partial charge in [0.1, 0.15) is 17.6 Å². The Labute approximate surface area is 111 Å². The molecule has 2 bridgehead atoms. The summed E-state index contributed by atoms with van der Waals surface area (Å²) in [6.45, 7) is 3.76. The van der Waals surface area contributed by atoms with Crippen LogP contribution in [0.5, 0.6) is 0 Å². The molecule has 3 fully saturated rings. The van der Waals surface area contributed by atoms with Gasteiger partial charge in [-0.05, 0) is 32.6 Å². The van der Waals surface area contributed by atoms with Crippen LogP contribution in [0.3, 0.4) is 0 Å². The van der Waals surface area contributed by atoms with E-state index in [1.807, 2.05) is 13.8 Å². The van der Waals surface area contributed by atoms with Crippen LogP contribution < -0.4 is 0 Å². The molecule has 2 saturated carbocycles. The van der Waals surface area contributed by atoms with Gasteiger partial charge < -0.3 is 9.47 Å². The number of rotatable bonds is 3. The van der Waals surface area contributed by atoms with Crippen molar-refractivity contribution in [2.45, 2.75) is 38.4 Å². The van der Waals surface area contributed by atoms with Crippen molar-refractivity contribution in [2.24, 2.45) is 23.7 Å². The summed E-state index contributed by atoms with van der Waals surface area (Å²) in [6.07, 6.45) is 2.05. The second kappa shape index (κ2) is 3.86. The molecule has 0 amide bonds. The Morgan fingerprint density at radius 2 is 2.22 bits per heavy atom. The number of hydrogen-bond donors (Lipinski definition) is 0. The topological polar surface area (TPSA) is 52.6 Å². The number of hydrogen-bond acceptors (Lipinski definition) is 4. The van der Waals surface area contributed by atoms with Crippen LogP contribution in [0.4, 0.5) is 0 Å². The molecule has 5 unspecified atom stereocenters. The monoisotopic (exact) mass is 272 g/mol. The highest BCUT2D eigenvalue weighted by molar-refractivity contribution is 6.26. The summed E-state index contributed by atoms with van der Waals surface area (Å²) in [5, 5.41) is 0. The third-order valence-electron chi connectivity index (χ3n) is 4.77. The van der Waals surface area contributed by atoms with Crippen LogP contribution in [0.25, 0.3) is 0 Å². The third kappa shape index (κ3) is 1.58. The number of fused-ring (bicyclic) bond motifs is 1. The van der Waals surface area contributed by atoms with Gasteiger partial charge in [0.25, 0.3) is 0 Å². The molecule has 0 radical (unpaired) electrons. The second-order valence-corrected chi connectivity index (χ2v) is 6.40. The minimum absolute atomic E-state index is 0.0703. The molecular weight excluding hydrogens is 256 g/mol. The molecule has 3 aliphatic rings. The molecular formula is C13H17ClO4. The summed E-state index contributed by atoms with van der Waals surface area (Å²) in [4.78, 5) is 23.3. The summed E-state index contributed by atoms with van der Waals surface area (Å²) >= 11 is 5.48. The number of ether oxygens (including phenoxy) is 2. The van der Waals surface area contributed by atoms with Crippen molar-refractivity contribution in [1.29, 1.82) is 0 Å². The largest absolute Gasteiger partial charge is 0.462 e. The van der Waals surface area contributed by atoms with E-state index in [0.29, 0.717) is 11.8 Å². The van der Waals surface area contributed by atoms with E-state index >= 15 is 0 Å². The van der Waals surface area contributed by atoms with Crippen LogP contribution >= 0.6 is 11.6 Å². The Hall–Kier alpha value is -0.770. The lowest BCUT2D eigenvalue weighted by atomic mass is 9.72. The van der Waals surface area contributed by atoms with Gasteiger partial charge in [-0.15, -0.1) is 11.6 Å². The highest BCUT2D eigenvalue weighted by Crippen LogP contribution is 2.60. The molecule has 5 atom stereocenters. The minimum Gasteiger partial charge on any atom is -0.462 e. The normalized spacial score (nSPS) is 41.1. The van der Waals surface area contributed by atoms with Gasteiger partial charge in [0.05, 0.1) is 5.92 Å². The van der Waals surface area contributed by atoms with E-state index in [9.17, 15) is 9.59 Å². The summed E-state index contributed by atoms with van der Waals surface area (Å²) in [6, 6.07) is 0. The number of carbonyl (C=O) groups excluding carboxylic acids is 2. The van der Waals surface area contributed by atoms with Crippen molar-refractivity contribution >= 4 is 23.5 Å². The molecule has 0 aromatic carbocycles. The van der Waals surface area contributed by atoms with Crippen LogP contribution in [0.15, 0.2) is 0 Å². The molecule has 5 heteroatoms.